The Balaban J connectivity index is 1.47. The summed E-state index contributed by atoms with van der Waals surface area (Å²) in [6.45, 7) is 0. The predicted molar refractivity (Wildman–Crippen MR) is 134 cm³/mol. The van der Waals surface area contributed by atoms with Crippen LogP contribution < -0.4 is 11.0 Å². The number of hydrogen-bond acceptors (Lipinski definition) is 7. The first-order valence-corrected chi connectivity index (χ1v) is 10.8. The van der Waals surface area contributed by atoms with E-state index in [2.05, 4.69) is 15.5 Å². The third-order valence-corrected chi connectivity index (χ3v) is 5.55. The molecule has 1 N–H and O–H groups in total. The molecular formula is C25H16ClN5O4. The van der Waals surface area contributed by atoms with Gasteiger partial charge in [-0.1, -0.05) is 41.9 Å². The number of benzene rings is 3. The minimum absolute atomic E-state index is 0.0982. The molecule has 0 saturated heterocycles. The number of para-hydroxylation sites is 2. The Morgan fingerprint density at radius 2 is 1.80 bits per heavy atom. The van der Waals surface area contributed by atoms with Crippen molar-refractivity contribution in [3.8, 4) is 17.0 Å². The van der Waals surface area contributed by atoms with Gasteiger partial charge in [0.1, 0.15) is 11.5 Å². The summed E-state index contributed by atoms with van der Waals surface area (Å²) in [5.41, 5.74) is 4.21. The number of furan rings is 1. The Morgan fingerprint density at radius 3 is 2.60 bits per heavy atom. The molecule has 2 heterocycles. The number of nitrogens with zero attached hydrogens (tertiary/aromatic N) is 4. The van der Waals surface area contributed by atoms with E-state index in [0.29, 0.717) is 33.0 Å². The van der Waals surface area contributed by atoms with Crippen molar-refractivity contribution in [1.82, 2.24) is 9.55 Å². The maximum Gasteiger partial charge on any atom is 0.282 e. The van der Waals surface area contributed by atoms with E-state index >= 15 is 0 Å². The van der Waals surface area contributed by atoms with Gasteiger partial charge in [0, 0.05) is 23.4 Å². The molecule has 0 saturated carbocycles. The van der Waals surface area contributed by atoms with E-state index in [1.54, 1.807) is 28.8 Å². The van der Waals surface area contributed by atoms with Crippen LogP contribution in [0.4, 0.5) is 11.6 Å². The first kappa shape index (κ1) is 22.1. The summed E-state index contributed by atoms with van der Waals surface area (Å²) < 4.78 is 7.54. The van der Waals surface area contributed by atoms with Gasteiger partial charge < -0.3 is 4.42 Å². The molecule has 0 bridgehead atoms. The third kappa shape index (κ3) is 4.40. The summed E-state index contributed by atoms with van der Waals surface area (Å²) in [6.07, 6.45) is 1.41. The molecule has 0 aliphatic carbocycles. The summed E-state index contributed by atoms with van der Waals surface area (Å²) >= 11 is 6.20. The molecule has 2 aromatic heterocycles. The van der Waals surface area contributed by atoms with Gasteiger partial charge in [-0.05, 0) is 42.5 Å². The Morgan fingerprint density at radius 1 is 1.03 bits per heavy atom. The van der Waals surface area contributed by atoms with Gasteiger partial charge in [0.05, 0.1) is 27.1 Å². The Labute approximate surface area is 203 Å². The average Bonchev–Trinajstić information content (AvgIpc) is 3.33. The maximum absolute atomic E-state index is 12.6. The van der Waals surface area contributed by atoms with Crippen molar-refractivity contribution in [2.24, 2.45) is 5.10 Å². The smallest absolute Gasteiger partial charge is 0.282 e. The molecule has 10 heteroatoms. The second-order valence-electron chi connectivity index (χ2n) is 7.42. The molecule has 5 aromatic rings. The number of fused-ring (bicyclic) bond motifs is 1. The topological polar surface area (TPSA) is 116 Å². The van der Waals surface area contributed by atoms with Gasteiger partial charge >= 0.3 is 0 Å². The molecule has 172 valence electrons. The van der Waals surface area contributed by atoms with Crippen LogP contribution in [0, 0.1) is 10.1 Å². The lowest BCUT2D eigenvalue weighted by Crippen LogP contribution is -2.16. The van der Waals surface area contributed by atoms with E-state index in [4.69, 9.17) is 16.0 Å². The van der Waals surface area contributed by atoms with Crippen molar-refractivity contribution in [2.75, 3.05) is 5.43 Å². The highest BCUT2D eigenvalue weighted by Crippen LogP contribution is 2.32. The summed E-state index contributed by atoms with van der Waals surface area (Å²) in [6, 6.07) is 24.1. The normalized spacial score (nSPS) is 11.2. The fraction of sp³-hybridized carbons (Fsp3) is 0. The van der Waals surface area contributed by atoms with Gasteiger partial charge in [-0.2, -0.15) is 10.1 Å². The molecule has 0 amide bonds. The van der Waals surface area contributed by atoms with Gasteiger partial charge in [-0.25, -0.2) is 5.43 Å². The molecule has 9 nitrogen and oxygen atoms in total. The van der Waals surface area contributed by atoms with Gasteiger partial charge in [-0.3, -0.25) is 19.5 Å². The Kier molecular flexibility index (Phi) is 5.82. The van der Waals surface area contributed by atoms with Gasteiger partial charge in [0.15, 0.2) is 0 Å². The molecule has 0 fully saturated rings. The number of hydrazone groups is 1. The number of anilines is 1. The molecule has 0 aliphatic rings. The standard InChI is InChI=1S/C25H16ClN5O4/c26-21-12-10-17(31(33)34)14-20(21)23-13-11-18(35-23)15-27-29-25-28-24(32)19-8-4-5-9-22(19)30(25)16-6-2-1-3-7-16/h1-15H,(H,28,29,32)/b27-15-. The van der Waals surface area contributed by atoms with Crippen molar-refractivity contribution < 1.29 is 9.34 Å². The van der Waals surface area contributed by atoms with Crippen LogP contribution in [0.15, 0.2) is 99.2 Å². The second kappa shape index (κ2) is 9.24. The van der Waals surface area contributed by atoms with E-state index < -0.39 is 4.92 Å². The van der Waals surface area contributed by atoms with E-state index in [1.807, 2.05) is 42.5 Å². The minimum atomic E-state index is -0.502. The monoisotopic (exact) mass is 485 g/mol. The summed E-state index contributed by atoms with van der Waals surface area (Å²) in [5, 5.41) is 16.1. The fourth-order valence-corrected chi connectivity index (χ4v) is 3.83. The van der Waals surface area contributed by atoms with Gasteiger partial charge in [0.25, 0.3) is 11.2 Å². The lowest BCUT2D eigenvalue weighted by Gasteiger charge is -2.14. The van der Waals surface area contributed by atoms with Gasteiger partial charge in [0.2, 0.25) is 5.95 Å². The number of nitro benzene ring substituents is 1. The molecular weight excluding hydrogens is 470 g/mol. The largest absolute Gasteiger partial charge is 0.455 e. The van der Waals surface area contributed by atoms with Crippen LogP contribution in [0.5, 0.6) is 0 Å². The first-order valence-electron chi connectivity index (χ1n) is 10.4. The Hall–Kier alpha value is -4.76. The number of hydrogen-bond donors (Lipinski definition) is 1. The van der Waals surface area contributed by atoms with Gasteiger partial charge in [-0.15, -0.1) is 0 Å². The molecule has 5 rings (SSSR count). The summed E-state index contributed by atoms with van der Waals surface area (Å²) in [5.74, 6) is 0.944. The van der Waals surface area contributed by atoms with Crippen molar-refractivity contribution in [3.63, 3.8) is 0 Å². The fourth-order valence-electron chi connectivity index (χ4n) is 3.62. The van der Waals surface area contributed by atoms with Crippen molar-refractivity contribution in [2.45, 2.75) is 0 Å². The molecule has 3 aromatic carbocycles. The zero-order chi connectivity index (χ0) is 24.4. The molecule has 35 heavy (non-hydrogen) atoms. The highest BCUT2D eigenvalue weighted by atomic mass is 35.5. The van der Waals surface area contributed by atoms with Crippen LogP contribution in [-0.4, -0.2) is 20.7 Å². The Bertz CT molecular complexity index is 1640. The minimum Gasteiger partial charge on any atom is -0.455 e. The maximum atomic E-state index is 12.6. The number of nitrogens with one attached hydrogen (secondary N) is 1. The lowest BCUT2D eigenvalue weighted by molar-refractivity contribution is -0.384. The summed E-state index contributed by atoms with van der Waals surface area (Å²) in [7, 11) is 0. The van der Waals surface area contributed by atoms with E-state index in [1.165, 1.54) is 24.4 Å². The highest BCUT2D eigenvalue weighted by Gasteiger charge is 2.15. The van der Waals surface area contributed by atoms with Crippen LogP contribution in [0.2, 0.25) is 5.02 Å². The number of aromatic nitrogens is 2. The summed E-state index contributed by atoms with van der Waals surface area (Å²) in [4.78, 5) is 27.3. The first-order chi connectivity index (χ1) is 17.0. The zero-order valence-corrected chi connectivity index (χ0v) is 18.7. The van der Waals surface area contributed by atoms with Crippen LogP contribution in [0.1, 0.15) is 5.76 Å². The van der Waals surface area contributed by atoms with E-state index in [9.17, 15) is 14.9 Å². The molecule has 0 unspecified atom stereocenters. The SMILES string of the molecule is O=c1nc(N/N=C\c2ccc(-c3cc([N+](=O)[O-])ccc3Cl)o2)n(-c2ccccc2)c2ccccc12. The van der Waals surface area contributed by atoms with Crippen LogP contribution in [-0.2, 0) is 0 Å². The lowest BCUT2D eigenvalue weighted by atomic mass is 10.1. The van der Waals surface area contributed by atoms with E-state index in [0.717, 1.165) is 5.69 Å². The number of nitro groups is 1. The molecule has 0 radical (unpaired) electrons. The number of non-ortho nitro benzene ring substituents is 1. The number of halogens is 1. The highest BCUT2D eigenvalue weighted by molar-refractivity contribution is 6.33. The predicted octanol–water partition coefficient (Wildman–Crippen LogP) is 5.65. The van der Waals surface area contributed by atoms with Crippen LogP contribution in [0.25, 0.3) is 27.9 Å². The molecule has 0 spiro atoms. The van der Waals surface area contributed by atoms with Crippen molar-refractivity contribution in [1.29, 1.82) is 0 Å². The molecule has 0 atom stereocenters. The van der Waals surface area contributed by atoms with Crippen molar-refractivity contribution >= 4 is 40.4 Å². The average molecular weight is 486 g/mol. The molecule has 0 aliphatic heterocycles. The second-order valence-corrected chi connectivity index (χ2v) is 7.83. The zero-order valence-electron chi connectivity index (χ0n) is 18.0. The van der Waals surface area contributed by atoms with Crippen LogP contribution >= 0.6 is 11.6 Å². The van der Waals surface area contributed by atoms with Crippen LogP contribution in [0.3, 0.4) is 0 Å². The van der Waals surface area contributed by atoms with E-state index in [-0.39, 0.29) is 17.2 Å². The quantitative estimate of drug-likeness (QED) is 0.189. The van der Waals surface area contributed by atoms with Crippen molar-refractivity contribution in [3.05, 3.63) is 116 Å². The third-order valence-electron chi connectivity index (χ3n) is 5.22. The number of rotatable bonds is 6.